The number of hydrogen-bond acceptors (Lipinski definition) is 4. The van der Waals surface area contributed by atoms with Crippen molar-refractivity contribution in [2.24, 2.45) is 5.92 Å². The molecule has 1 aromatic rings. The molecule has 1 saturated heterocycles. The highest BCUT2D eigenvalue weighted by Crippen LogP contribution is 2.35. The highest BCUT2D eigenvalue weighted by atomic mass is 16.7. The fourth-order valence-corrected chi connectivity index (χ4v) is 2.74. The zero-order valence-electron chi connectivity index (χ0n) is 12.1. The van der Waals surface area contributed by atoms with Gasteiger partial charge in [0, 0.05) is 25.2 Å². The number of nitrogens with one attached hydrogen (secondary N) is 1. The molecule has 2 aliphatic rings. The molecule has 7 heteroatoms. The van der Waals surface area contributed by atoms with Crippen LogP contribution in [0.2, 0.25) is 0 Å². The summed E-state index contributed by atoms with van der Waals surface area (Å²) in [6.45, 7) is 1.48. The molecule has 22 heavy (non-hydrogen) atoms. The minimum Gasteiger partial charge on any atom is -0.481 e. The number of fused-ring (bicyclic) bond motifs is 1. The number of rotatable bonds is 3. The number of piperidine rings is 1. The van der Waals surface area contributed by atoms with Crippen molar-refractivity contribution >= 4 is 12.0 Å². The number of hydrogen-bond donors (Lipinski definition) is 2. The highest BCUT2D eigenvalue weighted by Gasteiger charge is 2.27. The lowest BCUT2D eigenvalue weighted by atomic mass is 9.97. The monoisotopic (exact) mass is 306 g/mol. The van der Waals surface area contributed by atoms with Crippen molar-refractivity contribution in [1.82, 2.24) is 10.2 Å². The Kier molecular flexibility index (Phi) is 4.04. The number of nitrogens with zero attached hydrogens (tertiary/aromatic N) is 1. The van der Waals surface area contributed by atoms with E-state index in [0.29, 0.717) is 44.0 Å². The molecule has 0 radical (unpaired) electrons. The number of carboxylic acids is 1. The third-order valence-corrected chi connectivity index (χ3v) is 4.04. The van der Waals surface area contributed by atoms with E-state index < -0.39 is 5.97 Å². The van der Waals surface area contributed by atoms with Gasteiger partial charge in [-0.1, -0.05) is 12.1 Å². The van der Waals surface area contributed by atoms with E-state index in [0.717, 1.165) is 5.56 Å². The summed E-state index contributed by atoms with van der Waals surface area (Å²) in [6, 6.07) is 5.38. The number of para-hydroxylation sites is 1. The summed E-state index contributed by atoms with van der Waals surface area (Å²) in [7, 11) is 0. The third kappa shape index (κ3) is 2.93. The molecule has 2 N–H and O–H groups in total. The molecular formula is C15H18N2O5. The summed E-state index contributed by atoms with van der Waals surface area (Å²) in [4.78, 5) is 24.7. The SMILES string of the molecule is O=C(O)C1CCN(C(=O)NCc2cccc3c2OCO3)CC1. The smallest absolute Gasteiger partial charge is 0.317 e. The fourth-order valence-electron chi connectivity index (χ4n) is 2.74. The van der Waals surface area contributed by atoms with Crippen molar-refractivity contribution in [2.45, 2.75) is 19.4 Å². The maximum atomic E-state index is 12.1. The molecule has 2 amide bonds. The average Bonchev–Trinajstić information content (AvgIpc) is 3.01. The number of carboxylic acid groups (broad SMARTS) is 1. The molecule has 0 atom stereocenters. The lowest BCUT2D eigenvalue weighted by molar-refractivity contribution is -0.143. The van der Waals surface area contributed by atoms with Gasteiger partial charge in [0.25, 0.3) is 0 Å². The van der Waals surface area contributed by atoms with E-state index >= 15 is 0 Å². The van der Waals surface area contributed by atoms with Crippen LogP contribution in [-0.2, 0) is 11.3 Å². The Morgan fingerprint density at radius 3 is 2.77 bits per heavy atom. The molecule has 1 fully saturated rings. The minimum atomic E-state index is -0.781. The van der Waals surface area contributed by atoms with Crippen LogP contribution in [0.15, 0.2) is 18.2 Å². The largest absolute Gasteiger partial charge is 0.481 e. The van der Waals surface area contributed by atoms with E-state index in [1.165, 1.54) is 0 Å². The Balaban J connectivity index is 1.53. The Hall–Kier alpha value is -2.44. The summed E-state index contributed by atoms with van der Waals surface area (Å²) in [5, 5.41) is 11.8. The number of ether oxygens (including phenoxy) is 2. The van der Waals surface area contributed by atoms with Crippen LogP contribution < -0.4 is 14.8 Å². The average molecular weight is 306 g/mol. The van der Waals surface area contributed by atoms with Crippen molar-refractivity contribution in [3.05, 3.63) is 23.8 Å². The summed E-state index contributed by atoms with van der Waals surface area (Å²) < 4.78 is 10.7. The van der Waals surface area contributed by atoms with Crippen molar-refractivity contribution in [1.29, 1.82) is 0 Å². The van der Waals surface area contributed by atoms with E-state index in [4.69, 9.17) is 14.6 Å². The predicted octanol–water partition coefficient (Wildman–Crippen LogP) is 1.42. The molecule has 0 bridgehead atoms. The van der Waals surface area contributed by atoms with Crippen LogP contribution in [0.3, 0.4) is 0 Å². The van der Waals surface area contributed by atoms with Crippen LogP contribution >= 0.6 is 0 Å². The topological polar surface area (TPSA) is 88.1 Å². The second-order valence-electron chi connectivity index (χ2n) is 5.41. The maximum absolute atomic E-state index is 12.1. The molecule has 7 nitrogen and oxygen atoms in total. The number of aliphatic carboxylic acids is 1. The number of carbonyl (C=O) groups excluding carboxylic acids is 1. The Labute approximate surface area is 127 Å². The first kappa shape index (κ1) is 14.5. The van der Waals surface area contributed by atoms with Crippen LogP contribution in [0.25, 0.3) is 0 Å². The lowest BCUT2D eigenvalue weighted by Gasteiger charge is -2.30. The van der Waals surface area contributed by atoms with Crippen molar-refractivity contribution in [2.75, 3.05) is 19.9 Å². The molecule has 0 aromatic heterocycles. The number of benzene rings is 1. The van der Waals surface area contributed by atoms with E-state index in [2.05, 4.69) is 5.32 Å². The van der Waals surface area contributed by atoms with Gasteiger partial charge < -0.3 is 24.8 Å². The second-order valence-corrected chi connectivity index (χ2v) is 5.41. The minimum absolute atomic E-state index is 0.180. The first-order valence-corrected chi connectivity index (χ1v) is 7.28. The van der Waals surface area contributed by atoms with Gasteiger partial charge in [0.05, 0.1) is 5.92 Å². The van der Waals surface area contributed by atoms with Crippen molar-refractivity contribution in [3.8, 4) is 11.5 Å². The Bertz CT molecular complexity index is 581. The molecule has 0 saturated carbocycles. The molecule has 3 rings (SSSR count). The zero-order valence-corrected chi connectivity index (χ0v) is 12.1. The highest BCUT2D eigenvalue weighted by molar-refractivity contribution is 5.75. The predicted molar refractivity (Wildman–Crippen MR) is 76.7 cm³/mol. The summed E-state index contributed by atoms with van der Waals surface area (Å²) >= 11 is 0. The number of amides is 2. The second kappa shape index (κ2) is 6.13. The van der Waals surface area contributed by atoms with Gasteiger partial charge in [-0.15, -0.1) is 0 Å². The van der Waals surface area contributed by atoms with Gasteiger partial charge >= 0.3 is 12.0 Å². The van der Waals surface area contributed by atoms with Gasteiger partial charge in [0.15, 0.2) is 11.5 Å². The van der Waals surface area contributed by atoms with E-state index in [1.54, 1.807) is 4.90 Å². The summed E-state index contributed by atoms with van der Waals surface area (Å²) in [5.41, 5.74) is 0.865. The van der Waals surface area contributed by atoms with Gasteiger partial charge in [-0.25, -0.2) is 4.79 Å². The van der Waals surface area contributed by atoms with Crippen molar-refractivity contribution in [3.63, 3.8) is 0 Å². The van der Waals surface area contributed by atoms with Crippen LogP contribution in [-0.4, -0.2) is 41.9 Å². The molecule has 0 aliphatic carbocycles. The van der Waals surface area contributed by atoms with Crippen LogP contribution in [0.5, 0.6) is 11.5 Å². The molecule has 0 spiro atoms. The summed E-state index contributed by atoms with van der Waals surface area (Å²) in [5.74, 6) is 0.241. The van der Waals surface area contributed by atoms with Crippen LogP contribution in [0.1, 0.15) is 18.4 Å². The maximum Gasteiger partial charge on any atom is 0.317 e. The molecule has 2 aliphatic heterocycles. The third-order valence-electron chi connectivity index (χ3n) is 4.04. The lowest BCUT2D eigenvalue weighted by Crippen LogP contribution is -2.45. The van der Waals surface area contributed by atoms with Crippen molar-refractivity contribution < 1.29 is 24.2 Å². The van der Waals surface area contributed by atoms with E-state index in [9.17, 15) is 9.59 Å². The normalized spacial score (nSPS) is 17.4. The van der Waals surface area contributed by atoms with Crippen LogP contribution in [0.4, 0.5) is 4.79 Å². The number of likely N-dealkylation sites (tertiary alicyclic amines) is 1. The number of urea groups is 1. The number of carbonyl (C=O) groups is 2. The molecule has 1 aromatic carbocycles. The molecule has 118 valence electrons. The standard InChI is InChI=1S/C15H18N2O5/c18-14(19)10-4-6-17(7-5-10)15(20)16-8-11-2-1-3-12-13(11)22-9-21-12/h1-3,10H,4-9H2,(H,16,20)(H,18,19). The molecule has 0 unspecified atom stereocenters. The Morgan fingerprint density at radius 1 is 1.27 bits per heavy atom. The Morgan fingerprint density at radius 2 is 2.05 bits per heavy atom. The molecular weight excluding hydrogens is 288 g/mol. The molecule has 2 heterocycles. The van der Waals surface area contributed by atoms with Gasteiger partial charge in [-0.05, 0) is 18.9 Å². The van der Waals surface area contributed by atoms with Gasteiger partial charge in [0.1, 0.15) is 0 Å². The zero-order chi connectivity index (χ0) is 15.5. The van der Waals surface area contributed by atoms with Gasteiger partial charge in [-0.3, -0.25) is 4.79 Å². The first-order chi connectivity index (χ1) is 10.6. The van der Waals surface area contributed by atoms with Gasteiger partial charge in [0.2, 0.25) is 6.79 Å². The van der Waals surface area contributed by atoms with E-state index in [-0.39, 0.29) is 18.7 Å². The quantitative estimate of drug-likeness (QED) is 0.882. The first-order valence-electron chi connectivity index (χ1n) is 7.28. The van der Waals surface area contributed by atoms with Gasteiger partial charge in [-0.2, -0.15) is 0 Å². The fraction of sp³-hybridized carbons (Fsp3) is 0.467. The summed E-state index contributed by atoms with van der Waals surface area (Å²) in [6.07, 6.45) is 1.00. The van der Waals surface area contributed by atoms with Crippen LogP contribution in [0, 0.1) is 5.92 Å². The van der Waals surface area contributed by atoms with E-state index in [1.807, 2.05) is 18.2 Å².